The van der Waals surface area contributed by atoms with Crippen LogP contribution < -0.4 is 4.74 Å². The van der Waals surface area contributed by atoms with Crippen molar-refractivity contribution in [3.63, 3.8) is 0 Å². The summed E-state index contributed by atoms with van der Waals surface area (Å²) in [5.74, 6) is 0.296. The molecule has 0 unspecified atom stereocenters. The summed E-state index contributed by atoms with van der Waals surface area (Å²) in [6.45, 7) is 0. The number of rotatable bonds is 6. The second-order valence-electron chi connectivity index (χ2n) is 6.78. The third-order valence-electron chi connectivity index (χ3n) is 4.72. The minimum Gasteiger partial charge on any atom is -0.495 e. The lowest BCUT2D eigenvalue weighted by atomic mass is 9.84. The summed E-state index contributed by atoms with van der Waals surface area (Å²) < 4.78 is 31.8. The molecular weight excluding hydrogens is 475 g/mol. The highest BCUT2D eigenvalue weighted by Gasteiger charge is 2.33. The smallest absolute Gasteiger partial charge is 0.182 e. The van der Waals surface area contributed by atoms with Crippen molar-refractivity contribution in [3.8, 4) is 5.75 Å². The second kappa shape index (κ2) is 8.29. The van der Waals surface area contributed by atoms with Gasteiger partial charge in [-0.1, -0.05) is 45.2 Å². The van der Waals surface area contributed by atoms with Crippen LogP contribution in [0.1, 0.15) is 24.0 Å². The largest absolute Gasteiger partial charge is 0.495 e. The fraction of sp³-hybridized carbons (Fsp3) is 0.368. The van der Waals surface area contributed by atoms with Crippen molar-refractivity contribution < 1.29 is 18.3 Å². The summed E-state index contributed by atoms with van der Waals surface area (Å²) in [6.07, 6.45) is 1.05. The Balaban J connectivity index is 1.92. The lowest BCUT2D eigenvalue weighted by molar-refractivity contribution is 0.0526. The van der Waals surface area contributed by atoms with Crippen molar-refractivity contribution in [3.05, 3.63) is 56.0 Å². The van der Waals surface area contributed by atoms with Crippen LogP contribution in [0.25, 0.3) is 0 Å². The van der Waals surface area contributed by atoms with Gasteiger partial charge in [-0.3, -0.25) is 0 Å². The van der Waals surface area contributed by atoms with E-state index in [-0.39, 0.29) is 22.7 Å². The van der Waals surface area contributed by atoms with E-state index in [9.17, 15) is 13.5 Å². The van der Waals surface area contributed by atoms with Crippen LogP contribution in [-0.2, 0) is 16.3 Å². The third kappa shape index (κ3) is 4.80. The second-order valence-corrected chi connectivity index (χ2v) is 10.5. The molecule has 0 atom stereocenters. The lowest BCUT2D eigenvalue weighted by Crippen LogP contribution is -2.33. The molecule has 0 amide bonds. The van der Waals surface area contributed by atoms with E-state index >= 15 is 0 Å². The van der Waals surface area contributed by atoms with Crippen molar-refractivity contribution in [1.29, 1.82) is 0 Å². The highest BCUT2D eigenvalue weighted by Crippen LogP contribution is 2.35. The van der Waals surface area contributed by atoms with Crippen LogP contribution in [0, 0.1) is 5.92 Å². The molecule has 0 spiro atoms. The normalized spacial score (nSPS) is 19.6. The minimum absolute atomic E-state index is 0.00364. The first-order chi connectivity index (χ1) is 12.7. The molecule has 27 heavy (non-hydrogen) atoms. The topological polar surface area (TPSA) is 63.6 Å². The average Bonchev–Trinajstić information content (AvgIpc) is 2.56. The maximum atomic E-state index is 12.9. The zero-order valence-corrected chi connectivity index (χ0v) is 18.5. The fourth-order valence-electron chi connectivity index (χ4n) is 3.26. The number of aliphatic hydroxyl groups is 1. The Morgan fingerprint density at radius 3 is 2.37 bits per heavy atom. The number of hydrogen-bond donors (Lipinski definition) is 1. The third-order valence-corrected chi connectivity index (χ3v) is 7.75. The van der Waals surface area contributed by atoms with Crippen molar-refractivity contribution in [1.82, 2.24) is 0 Å². The monoisotopic (exact) mass is 492 g/mol. The summed E-state index contributed by atoms with van der Waals surface area (Å²) in [4.78, 5) is 0.160. The molecule has 0 saturated heterocycles. The van der Waals surface area contributed by atoms with Crippen LogP contribution in [-0.4, -0.2) is 32.5 Å². The molecule has 0 radical (unpaired) electrons. The quantitative estimate of drug-likeness (QED) is 0.621. The summed E-state index contributed by atoms with van der Waals surface area (Å²) >= 11 is 15.9. The SMILES string of the molecule is COc1ccc(Cc2c(Cl)cc(Br)cc2Cl)cc1S(=O)(=O)CC1CC(O)C1. The first-order valence-electron chi connectivity index (χ1n) is 8.40. The maximum Gasteiger partial charge on any atom is 0.182 e. The van der Waals surface area contributed by atoms with Crippen LogP contribution in [0.4, 0.5) is 0 Å². The van der Waals surface area contributed by atoms with Crippen molar-refractivity contribution in [2.75, 3.05) is 12.9 Å². The van der Waals surface area contributed by atoms with Gasteiger partial charge in [0.15, 0.2) is 9.84 Å². The van der Waals surface area contributed by atoms with Gasteiger partial charge in [0.1, 0.15) is 10.6 Å². The number of methoxy groups -OCH3 is 1. The molecule has 1 aliphatic carbocycles. The number of halogens is 3. The van der Waals surface area contributed by atoms with Crippen molar-refractivity contribution >= 4 is 49.0 Å². The Hall–Kier alpha value is -0.790. The van der Waals surface area contributed by atoms with Crippen molar-refractivity contribution in [2.45, 2.75) is 30.3 Å². The first-order valence-corrected chi connectivity index (χ1v) is 11.6. The first kappa shape index (κ1) is 20.9. The minimum atomic E-state index is -3.54. The molecule has 2 aromatic carbocycles. The Morgan fingerprint density at radius 2 is 1.81 bits per heavy atom. The van der Waals surface area contributed by atoms with E-state index in [0.29, 0.717) is 35.1 Å². The Morgan fingerprint density at radius 1 is 1.19 bits per heavy atom. The van der Waals surface area contributed by atoms with E-state index in [1.165, 1.54) is 7.11 Å². The van der Waals surface area contributed by atoms with Gasteiger partial charge in [-0.2, -0.15) is 0 Å². The molecule has 1 N–H and O–H groups in total. The number of hydrogen-bond acceptors (Lipinski definition) is 4. The van der Waals surface area contributed by atoms with Gasteiger partial charge in [0, 0.05) is 20.9 Å². The van der Waals surface area contributed by atoms with Gasteiger partial charge >= 0.3 is 0 Å². The van der Waals surface area contributed by atoms with E-state index in [2.05, 4.69) is 15.9 Å². The van der Waals surface area contributed by atoms with Crippen LogP contribution in [0.5, 0.6) is 5.75 Å². The number of benzene rings is 2. The van der Waals surface area contributed by atoms with Gasteiger partial charge in [-0.25, -0.2) is 8.42 Å². The van der Waals surface area contributed by atoms with E-state index in [1.54, 1.807) is 30.3 Å². The fourth-order valence-corrected chi connectivity index (χ4v) is 6.46. The lowest BCUT2D eigenvalue weighted by Gasteiger charge is -2.31. The molecule has 3 rings (SSSR count). The molecule has 4 nitrogen and oxygen atoms in total. The molecule has 0 aliphatic heterocycles. The maximum absolute atomic E-state index is 12.9. The van der Waals surface area contributed by atoms with E-state index in [1.807, 2.05) is 0 Å². The summed E-state index contributed by atoms with van der Waals surface area (Å²) in [7, 11) is -2.09. The van der Waals surface area contributed by atoms with Crippen LogP contribution in [0.3, 0.4) is 0 Å². The summed E-state index contributed by atoms with van der Waals surface area (Å²) in [5.41, 5.74) is 1.51. The zero-order valence-electron chi connectivity index (χ0n) is 14.6. The number of aliphatic hydroxyl groups excluding tert-OH is 1. The molecule has 2 aromatic rings. The van der Waals surface area contributed by atoms with E-state index in [0.717, 1.165) is 15.6 Å². The van der Waals surface area contributed by atoms with Crippen LogP contribution >= 0.6 is 39.1 Å². The predicted molar refractivity (Wildman–Crippen MR) is 111 cm³/mol. The number of sulfone groups is 1. The molecule has 0 bridgehead atoms. The molecular formula is C19H19BrCl2O4S. The van der Waals surface area contributed by atoms with Crippen LogP contribution in [0.15, 0.2) is 39.7 Å². The van der Waals surface area contributed by atoms with Gasteiger partial charge in [0.25, 0.3) is 0 Å². The van der Waals surface area contributed by atoms with Gasteiger partial charge in [-0.15, -0.1) is 0 Å². The summed E-state index contributed by atoms with van der Waals surface area (Å²) in [5, 5.41) is 10.4. The molecule has 1 aliphatic rings. The Labute approximate surface area is 177 Å². The average molecular weight is 494 g/mol. The molecule has 146 valence electrons. The molecule has 1 saturated carbocycles. The van der Waals surface area contributed by atoms with Gasteiger partial charge in [-0.05, 0) is 54.2 Å². The molecule has 1 fully saturated rings. The van der Waals surface area contributed by atoms with Gasteiger partial charge < -0.3 is 9.84 Å². The predicted octanol–water partition coefficient (Wildman–Crippen LogP) is 4.90. The summed E-state index contributed by atoms with van der Waals surface area (Å²) in [6, 6.07) is 8.59. The Bertz CT molecular complexity index is 933. The highest BCUT2D eigenvalue weighted by atomic mass is 79.9. The Kier molecular flexibility index (Phi) is 6.43. The van der Waals surface area contributed by atoms with Gasteiger partial charge in [0.2, 0.25) is 0 Å². The molecule has 0 heterocycles. The number of ether oxygens (including phenoxy) is 1. The highest BCUT2D eigenvalue weighted by molar-refractivity contribution is 9.10. The van der Waals surface area contributed by atoms with Crippen LogP contribution in [0.2, 0.25) is 10.0 Å². The molecule has 8 heteroatoms. The van der Waals surface area contributed by atoms with E-state index in [4.69, 9.17) is 27.9 Å². The standard InChI is InChI=1S/C19H19BrCl2O4S/c1-26-18-3-2-11(6-15-16(21)8-13(20)9-17(15)22)7-19(18)27(24,25)10-12-4-14(23)5-12/h2-3,7-9,12,14,23H,4-6,10H2,1H3. The zero-order chi connectivity index (χ0) is 19.8. The van der Waals surface area contributed by atoms with Crippen molar-refractivity contribution in [2.24, 2.45) is 5.92 Å². The van der Waals surface area contributed by atoms with Gasteiger partial charge in [0.05, 0.1) is 19.0 Å². The molecule has 0 aromatic heterocycles. The van der Waals surface area contributed by atoms with E-state index < -0.39 is 9.84 Å².